The molecular formula is C14H17BrN2O2. The molecule has 0 bridgehead atoms. The van der Waals surface area contributed by atoms with Crippen LogP contribution in [0.3, 0.4) is 0 Å². The molecule has 1 aromatic heterocycles. The average molecular weight is 325 g/mol. The Kier molecular flexibility index (Phi) is 4.96. The van der Waals surface area contributed by atoms with Crippen molar-refractivity contribution >= 4 is 38.6 Å². The molecular weight excluding hydrogens is 308 g/mol. The summed E-state index contributed by atoms with van der Waals surface area (Å²) in [6.07, 6.45) is 3.21. The first-order chi connectivity index (χ1) is 9.22. The maximum Gasteiger partial charge on any atom is 0.224 e. The Morgan fingerprint density at radius 3 is 3.00 bits per heavy atom. The monoisotopic (exact) mass is 324 g/mol. The highest BCUT2D eigenvalue weighted by atomic mass is 79.9. The van der Waals surface area contributed by atoms with E-state index in [1.54, 1.807) is 0 Å². The van der Waals surface area contributed by atoms with Crippen LogP contribution >= 0.6 is 15.9 Å². The number of oxazole rings is 1. The summed E-state index contributed by atoms with van der Waals surface area (Å²) in [4.78, 5) is 16.1. The minimum atomic E-state index is 0.0412. The summed E-state index contributed by atoms with van der Waals surface area (Å²) < 4.78 is 5.53. The minimum Gasteiger partial charge on any atom is -0.441 e. The van der Waals surface area contributed by atoms with Crippen LogP contribution in [-0.2, 0) is 11.2 Å². The van der Waals surface area contributed by atoms with Crippen molar-refractivity contribution in [3.63, 3.8) is 0 Å². The first-order valence-corrected chi connectivity index (χ1v) is 7.60. The van der Waals surface area contributed by atoms with Crippen molar-refractivity contribution in [2.75, 3.05) is 10.6 Å². The molecule has 2 aromatic rings. The summed E-state index contributed by atoms with van der Waals surface area (Å²) >= 11 is 3.35. The summed E-state index contributed by atoms with van der Waals surface area (Å²) in [5, 5.41) is 3.82. The van der Waals surface area contributed by atoms with Gasteiger partial charge in [-0.15, -0.1) is 0 Å². The molecule has 0 unspecified atom stereocenters. The van der Waals surface area contributed by atoms with Crippen LogP contribution in [0.15, 0.2) is 22.6 Å². The van der Waals surface area contributed by atoms with Gasteiger partial charge in [0.25, 0.3) is 0 Å². The first kappa shape index (κ1) is 14.1. The van der Waals surface area contributed by atoms with Gasteiger partial charge in [0.15, 0.2) is 11.5 Å². The molecule has 0 aliphatic heterocycles. The first-order valence-electron chi connectivity index (χ1n) is 6.48. The van der Waals surface area contributed by atoms with Crippen molar-refractivity contribution in [1.82, 2.24) is 4.98 Å². The van der Waals surface area contributed by atoms with E-state index < -0.39 is 0 Å². The Hall–Kier alpha value is -1.36. The van der Waals surface area contributed by atoms with Crippen LogP contribution in [-0.4, -0.2) is 16.2 Å². The number of alkyl halides is 1. The van der Waals surface area contributed by atoms with Crippen molar-refractivity contribution in [1.29, 1.82) is 0 Å². The van der Waals surface area contributed by atoms with Gasteiger partial charge >= 0.3 is 0 Å². The molecule has 0 saturated carbocycles. The minimum absolute atomic E-state index is 0.0412. The fourth-order valence-electron chi connectivity index (χ4n) is 1.81. The van der Waals surface area contributed by atoms with Gasteiger partial charge in [-0.25, -0.2) is 4.98 Å². The van der Waals surface area contributed by atoms with E-state index in [4.69, 9.17) is 4.42 Å². The lowest BCUT2D eigenvalue weighted by molar-refractivity contribution is -0.116. The van der Waals surface area contributed by atoms with Gasteiger partial charge in [-0.1, -0.05) is 22.9 Å². The summed E-state index contributed by atoms with van der Waals surface area (Å²) in [5.41, 5.74) is 2.32. The number of unbranched alkanes of at least 4 members (excludes halogenated alkanes) is 1. The number of anilines is 1. The van der Waals surface area contributed by atoms with Crippen molar-refractivity contribution in [3.8, 4) is 0 Å². The van der Waals surface area contributed by atoms with Crippen molar-refractivity contribution in [2.24, 2.45) is 0 Å². The van der Waals surface area contributed by atoms with Crippen LogP contribution in [0.1, 0.15) is 32.1 Å². The zero-order chi connectivity index (χ0) is 13.7. The number of nitrogens with zero attached hydrogens (tertiary/aromatic N) is 1. The Labute approximate surface area is 120 Å². The van der Waals surface area contributed by atoms with Crippen LogP contribution in [0.25, 0.3) is 11.1 Å². The molecule has 0 atom stereocenters. The fourth-order valence-corrected chi connectivity index (χ4v) is 2.20. The van der Waals surface area contributed by atoms with Gasteiger partial charge in [0, 0.05) is 23.9 Å². The number of benzene rings is 1. The number of halogens is 1. The van der Waals surface area contributed by atoms with Crippen molar-refractivity contribution in [3.05, 3.63) is 24.1 Å². The lowest BCUT2D eigenvalue weighted by Crippen LogP contribution is -2.10. The maximum absolute atomic E-state index is 11.7. The highest BCUT2D eigenvalue weighted by molar-refractivity contribution is 9.09. The number of nitrogens with one attached hydrogen (secondary N) is 1. The van der Waals surface area contributed by atoms with E-state index in [0.717, 1.165) is 47.3 Å². The van der Waals surface area contributed by atoms with E-state index in [0.29, 0.717) is 6.42 Å². The number of amides is 1. The molecule has 1 amide bonds. The zero-order valence-corrected chi connectivity index (χ0v) is 12.5. The normalized spacial score (nSPS) is 10.8. The Morgan fingerprint density at radius 2 is 2.26 bits per heavy atom. The maximum atomic E-state index is 11.7. The van der Waals surface area contributed by atoms with E-state index in [2.05, 4.69) is 26.2 Å². The molecule has 0 radical (unpaired) electrons. The average Bonchev–Trinajstić information content (AvgIpc) is 2.81. The number of rotatable bonds is 6. The molecule has 0 spiro atoms. The molecule has 0 fully saturated rings. The van der Waals surface area contributed by atoms with Gasteiger partial charge in [-0.05, 0) is 31.0 Å². The molecule has 0 aliphatic rings. The highest BCUT2D eigenvalue weighted by Crippen LogP contribution is 2.20. The molecule has 1 heterocycles. The van der Waals surface area contributed by atoms with Crippen molar-refractivity contribution in [2.45, 2.75) is 32.6 Å². The summed E-state index contributed by atoms with van der Waals surface area (Å²) in [6.45, 7) is 2.00. The summed E-state index contributed by atoms with van der Waals surface area (Å²) in [7, 11) is 0. The summed E-state index contributed by atoms with van der Waals surface area (Å²) in [5.74, 6) is 0.760. The van der Waals surface area contributed by atoms with Gasteiger partial charge < -0.3 is 9.73 Å². The highest BCUT2D eigenvalue weighted by Gasteiger charge is 2.07. The van der Waals surface area contributed by atoms with Gasteiger partial charge in [0.1, 0.15) is 5.52 Å². The van der Waals surface area contributed by atoms with Gasteiger partial charge in [-0.2, -0.15) is 0 Å². The number of hydrogen-bond donors (Lipinski definition) is 1. The predicted octanol–water partition coefficient (Wildman–Crippen LogP) is 3.89. The smallest absolute Gasteiger partial charge is 0.224 e. The summed E-state index contributed by atoms with van der Waals surface area (Å²) in [6, 6.07) is 5.53. The lowest BCUT2D eigenvalue weighted by Gasteiger charge is -2.04. The standard InChI is InChI=1S/C14H17BrN2O2/c1-2-14-17-11-9-10(6-7-12(11)19-14)16-13(18)5-3-4-8-15/h6-7,9H,2-5,8H2,1H3,(H,16,18). The van der Waals surface area contributed by atoms with E-state index in [9.17, 15) is 4.79 Å². The van der Waals surface area contributed by atoms with E-state index in [1.807, 2.05) is 25.1 Å². The molecule has 2 rings (SSSR count). The third kappa shape index (κ3) is 3.80. The number of aryl methyl sites for hydroxylation is 1. The second-order valence-corrected chi connectivity index (χ2v) is 5.13. The molecule has 5 heteroatoms. The van der Waals surface area contributed by atoms with Gasteiger partial charge in [0.05, 0.1) is 0 Å². The van der Waals surface area contributed by atoms with Crippen LogP contribution in [0, 0.1) is 0 Å². The molecule has 1 aromatic carbocycles. The molecule has 0 aliphatic carbocycles. The number of aromatic nitrogens is 1. The molecule has 4 nitrogen and oxygen atoms in total. The quantitative estimate of drug-likeness (QED) is 0.647. The lowest BCUT2D eigenvalue weighted by atomic mass is 10.2. The molecule has 102 valence electrons. The SMILES string of the molecule is CCc1nc2cc(NC(=O)CCCCBr)ccc2o1. The van der Waals surface area contributed by atoms with Crippen molar-refractivity contribution < 1.29 is 9.21 Å². The van der Waals surface area contributed by atoms with E-state index >= 15 is 0 Å². The Bertz CT molecular complexity index is 566. The fraction of sp³-hybridized carbons (Fsp3) is 0.429. The van der Waals surface area contributed by atoms with Crippen LogP contribution in [0.2, 0.25) is 0 Å². The van der Waals surface area contributed by atoms with Crippen LogP contribution in [0.5, 0.6) is 0 Å². The molecule has 19 heavy (non-hydrogen) atoms. The molecule has 1 N–H and O–H groups in total. The Balaban J connectivity index is 2.02. The van der Waals surface area contributed by atoms with Gasteiger partial charge in [-0.3, -0.25) is 4.79 Å². The third-order valence-electron chi connectivity index (χ3n) is 2.81. The van der Waals surface area contributed by atoms with Gasteiger partial charge in [0.2, 0.25) is 5.91 Å². The number of fused-ring (bicyclic) bond motifs is 1. The van der Waals surface area contributed by atoms with Crippen LogP contribution in [0.4, 0.5) is 5.69 Å². The second kappa shape index (κ2) is 6.70. The largest absolute Gasteiger partial charge is 0.441 e. The van der Waals surface area contributed by atoms with E-state index in [1.165, 1.54) is 0 Å². The number of carbonyl (C=O) groups excluding carboxylic acids is 1. The number of carbonyl (C=O) groups is 1. The Morgan fingerprint density at radius 1 is 1.42 bits per heavy atom. The van der Waals surface area contributed by atoms with E-state index in [-0.39, 0.29) is 5.91 Å². The molecule has 0 saturated heterocycles. The topological polar surface area (TPSA) is 55.1 Å². The van der Waals surface area contributed by atoms with Crippen LogP contribution < -0.4 is 5.32 Å². The third-order valence-corrected chi connectivity index (χ3v) is 3.37. The predicted molar refractivity (Wildman–Crippen MR) is 79.7 cm³/mol. The number of hydrogen-bond acceptors (Lipinski definition) is 3. The zero-order valence-electron chi connectivity index (χ0n) is 10.9. The second-order valence-electron chi connectivity index (χ2n) is 4.34.